The number of aliphatic imine (C=N–C) groups is 1. The summed E-state index contributed by atoms with van der Waals surface area (Å²) in [5, 5.41) is 4.44. The van der Waals surface area contributed by atoms with Crippen molar-refractivity contribution in [3.05, 3.63) is 71.8 Å². The van der Waals surface area contributed by atoms with Gasteiger partial charge < -0.3 is 5.32 Å². The van der Waals surface area contributed by atoms with E-state index in [0.29, 0.717) is 0 Å². The first-order chi connectivity index (χ1) is 9.35. The van der Waals surface area contributed by atoms with Crippen LogP contribution in [0.4, 0.5) is 0 Å². The van der Waals surface area contributed by atoms with Crippen molar-refractivity contribution in [3.63, 3.8) is 0 Å². The standard InChI is InChI=1S/C16H18N2S.HI/c1-17-16(19-2)18-15(13-9-5-3-6-10-13)14-11-7-4-8-12-14;/h3-12,15H,1-2H3,(H,17,18);1H. The number of hydrogen-bond donors (Lipinski definition) is 1. The molecule has 0 aliphatic heterocycles. The number of halogens is 1. The first kappa shape index (κ1) is 17.0. The van der Waals surface area contributed by atoms with Gasteiger partial charge in [-0.3, -0.25) is 4.99 Å². The van der Waals surface area contributed by atoms with Gasteiger partial charge in [-0.05, 0) is 17.4 Å². The minimum Gasteiger partial charge on any atom is -0.354 e. The lowest BCUT2D eigenvalue weighted by Crippen LogP contribution is -2.27. The van der Waals surface area contributed by atoms with E-state index in [-0.39, 0.29) is 30.0 Å². The van der Waals surface area contributed by atoms with Gasteiger partial charge in [0.2, 0.25) is 0 Å². The summed E-state index contributed by atoms with van der Waals surface area (Å²) in [5.74, 6) is 0. The van der Waals surface area contributed by atoms with Gasteiger partial charge in [-0.2, -0.15) is 0 Å². The molecule has 0 aromatic heterocycles. The van der Waals surface area contributed by atoms with E-state index in [1.165, 1.54) is 11.1 Å². The van der Waals surface area contributed by atoms with E-state index in [2.05, 4.69) is 58.8 Å². The zero-order valence-electron chi connectivity index (χ0n) is 11.6. The van der Waals surface area contributed by atoms with Crippen LogP contribution >= 0.6 is 35.7 Å². The van der Waals surface area contributed by atoms with Gasteiger partial charge in [0.1, 0.15) is 0 Å². The minimum atomic E-state index is 0. The van der Waals surface area contributed by atoms with E-state index in [1.54, 1.807) is 11.8 Å². The van der Waals surface area contributed by atoms with Gasteiger partial charge in [-0.25, -0.2) is 0 Å². The Hall–Kier alpha value is -1.01. The maximum absolute atomic E-state index is 4.27. The number of nitrogens with zero attached hydrogens (tertiary/aromatic N) is 1. The Morgan fingerprint density at radius 3 is 1.75 bits per heavy atom. The Balaban J connectivity index is 0.00000200. The molecule has 4 heteroatoms. The molecule has 0 unspecified atom stereocenters. The molecule has 2 aromatic carbocycles. The van der Waals surface area contributed by atoms with E-state index < -0.39 is 0 Å². The lowest BCUT2D eigenvalue weighted by atomic mass is 9.99. The molecule has 0 amide bonds. The Bertz CT molecular complexity index is 489. The second kappa shape index (κ2) is 9.02. The summed E-state index contributed by atoms with van der Waals surface area (Å²) in [6.07, 6.45) is 2.03. The quantitative estimate of drug-likeness (QED) is 0.473. The number of amidine groups is 1. The van der Waals surface area contributed by atoms with E-state index in [4.69, 9.17) is 0 Å². The monoisotopic (exact) mass is 398 g/mol. The van der Waals surface area contributed by atoms with Gasteiger partial charge in [0.25, 0.3) is 0 Å². The molecule has 2 nitrogen and oxygen atoms in total. The molecular weight excluding hydrogens is 379 g/mol. The van der Waals surface area contributed by atoms with Crippen LogP contribution in [0.3, 0.4) is 0 Å². The lowest BCUT2D eigenvalue weighted by molar-refractivity contribution is 0.769. The third kappa shape index (κ3) is 4.52. The van der Waals surface area contributed by atoms with E-state index in [1.807, 2.05) is 25.4 Å². The predicted octanol–water partition coefficient (Wildman–Crippen LogP) is 4.33. The normalized spacial score (nSPS) is 11.1. The predicted molar refractivity (Wildman–Crippen MR) is 100 cm³/mol. The van der Waals surface area contributed by atoms with Crippen LogP contribution < -0.4 is 5.32 Å². The maximum Gasteiger partial charge on any atom is 0.156 e. The molecular formula is C16H19IN2S. The molecule has 20 heavy (non-hydrogen) atoms. The van der Waals surface area contributed by atoms with Gasteiger partial charge >= 0.3 is 0 Å². The van der Waals surface area contributed by atoms with Crippen LogP contribution in [0.5, 0.6) is 0 Å². The van der Waals surface area contributed by atoms with Crippen molar-refractivity contribution in [1.82, 2.24) is 5.32 Å². The minimum absolute atomic E-state index is 0. The average Bonchev–Trinajstić information content (AvgIpc) is 2.50. The van der Waals surface area contributed by atoms with Crippen LogP contribution in [0.25, 0.3) is 0 Å². The molecule has 0 bridgehead atoms. The highest BCUT2D eigenvalue weighted by Crippen LogP contribution is 2.22. The van der Waals surface area contributed by atoms with Crippen molar-refractivity contribution in [3.8, 4) is 0 Å². The van der Waals surface area contributed by atoms with E-state index in [0.717, 1.165) is 5.17 Å². The Kier molecular flexibility index (Phi) is 7.69. The molecule has 0 aliphatic carbocycles. The fourth-order valence-corrected chi connectivity index (χ4v) is 2.41. The van der Waals surface area contributed by atoms with Crippen LogP contribution in [0, 0.1) is 0 Å². The third-order valence-electron chi connectivity index (χ3n) is 2.93. The zero-order valence-corrected chi connectivity index (χ0v) is 14.8. The van der Waals surface area contributed by atoms with E-state index >= 15 is 0 Å². The Morgan fingerprint density at radius 2 is 1.40 bits per heavy atom. The SMILES string of the molecule is C/N=C(/NC(c1ccccc1)c1ccccc1)SC.I. The molecule has 0 spiro atoms. The van der Waals surface area contributed by atoms with Gasteiger partial charge in [-0.1, -0.05) is 72.4 Å². The maximum atomic E-state index is 4.27. The number of benzene rings is 2. The first-order valence-electron chi connectivity index (χ1n) is 6.22. The Labute approximate surface area is 142 Å². The first-order valence-corrected chi connectivity index (χ1v) is 7.45. The topological polar surface area (TPSA) is 24.4 Å². The summed E-state index contributed by atoms with van der Waals surface area (Å²) in [7, 11) is 1.81. The molecule has 0 heterocycles. The van der Waals surface area contributed by atoms with Gasteiger partial charge in [-0.15, -0.1) is 24.0 Å². The molecule has 0 fully saturated rings. The summed E-state index contributed by atoms with van der Waals surface area (Å²) in [6, 6.07) is 21.0. The summed E-state index contributed by atoms with van der Waals surface area (Å²) in [5.41, 5.74) is 2.48. The molecule has 106 valence electrons. The number of nitrogens with one attached hydrogen (secondary N) is 1. The molecule has 0 radical (unpaired) electrons. The molecule has 2 aromatic rings. The van der Waals surface area contributed by atoms with Gasteiger partial charge in [0, 0.05) is 7.05 Å². The summed E-state index contributed by atoms with van der Waals surface area (Å²) >= 11 is 1.63. The molecule has 0 saturated carbocycles. The van der Waals surface area contributed by atoms with Gasteiger partial charge in [0.05, 0.1) is 6.04 Å². The number of hydrogen-bond acceptors (Lipinski definition) is 2. The summed E-state index contributed by atoms with van der Waals surface area (Å²) in [4.78, 5) is 4.27. The largest absolute Gasteiger partial charge is 0.354 e. The van der Waals surface area contributed by atoms with Gasteiger partial charge in [0.15, 0.2) is 5.17 Å². The third-order valence-corrected chi connectivity index (χ3v) is 3.62. The van der Waals surface area contributed by atoms with E-state index in [9.17, 15) is 0 Å². The fourth-order valence-electron chi connectivity index (χ4n) is 1.99. The molecule has 2 rings (SSSR count). The summed E-state index contributed by atoms with van der Waals surface area (Å²) in [6.45, 7) is 0. The van der Waals surface area contributed by atoms with Crippen molar-refractivity contribution in [1.29, 1.82) is 0 Å². The highest BCUT2D eigenvalue weighted by atomic mass is 127. The van der Waals surface area contributed by atoms with Crippen LogP contribution in [0.15, 0.2) is 65.7 Å². The van der Waals surface area contributed by atoms with Crippen LogP contribution in [0.1, 0.15) is 17.2 Å². The van der Waals surface area contributed by atoms with Crippen LogP contribution in [0.2, 0.25) is 0 Å². The zero-order chi connectivity index (χ0) is 13.5. The van der Waals surface area contributed by atoms with Crippen LogP contribution in [-0.2, 0) is 0 Å². The fraction of sp³-hybridized carbons (Fsp3) is 0.188. The van der Waals surface area contributed by atoms with Crippen molar-refractivity contribution >= 4 is 40.9 Å². The molecule has 0 saturated heterocycles. The molecule has 0 atom stereocenters. The molecule has 0 aliphatic rings. The smallest absolute Gasteiger partial charge is 0.156 e. The average molecular weight is 398 g/mol. The van der Waals surface area contributed by atoms with Crippen molar-refractivity contribution in [2.75, 3.05) is 13.3 Å². The van der Waals surface area contributed by atoms with Crippen molar-refractivity contribution in [2.24, 2.45) is 4.99 Å². The summed E-state index contributed by atoms with van der Waals surface area (Å²) < 4.78 is 0. The number of rotatable bonds is 3. The molecule has 1 N–H and O–H groups in total. The van der Waals surface area contributed by atoms with Crippen LogP contribution in [-0.4, -0.2) is 18.5 Å². The van der Waals surface area contributed by atoms with Crippen molar-refractivity contribution < 1.29 is 0 Å². The second-order valence-electron chi connectivity index (χ2n) is 4.13. The lowest BCUT2D eigenvalue weighted by Gasteiger charge is -2.21. The Morgan fingerprint density at radius 1 is 0.950 bits per heavy atom. The number of thioether (sulfide) groups is 1. The van der Waals surface area contributed by atoms with Crippen molar-refractivity contribution in [2.45, 2.75) is 6.04 Å². The highest BCUT2D eigenvalue weighted by Gasteiger charge is 2.14. The second-order valence-corrected chi connectivity index (χ2v) is 4.93. The highest BCUT2D eigenvalue weighted by molar-refractivity contribution is 14.0.